The number of carboxylic acids is 1. The van der Waals surface area contributed by atoms with E-state index >= 15 is 0 Å². The summed E-state index contributed by atoms with van der Waals surface area (Å²) in [4.78, 5) is 14.8. The smallest absolute Gasteiger partial charge is 0.303 e. The molecule has 0 saturated carbocycles. The molecule has 0 heterocycles. The topological polar surface area (TPSA) is 66.8 Å². The molecule has 0 aromatic rings. The summed E-state index contributed by atoms with van der Waals surface area (Å²) in [6.45, 7) is 2.10. The van der Waals surface area contributed by atoms with Crippen molar-refractivity contribution in [3.05, 3.63) is 72.9 Å². The Balaban J connectivity index is 3.88. The van der Waals surface area contributed by atoms with Crippen LogP contribution in [0.3, 0.4) is 0 Å². The Labute approximate surface area is 157 Å². The minimum atomic E-state index is -0.762. The van der Waals surface area contributed by atoms with Crippen LogP contribution in [0.5, 0.6) is 0 Å². The van der Waals surface area contributed by atoms with Gasteiger partial charge in [0.2, 0.25) is 0 Å². The Kier molecular flexibility index (Phi) is 17.6. The van der Waals surface area contributed by atoms with Crippen LogP contribution < -0.4 is 0 Å². The lowest BCUT2D eigenvalue weighted by Crippen LogP contribution is -2.04. The molecule has 0 amide bonds. The van der Waals surface area contributed by atoms with Gasteiger partial charge in [0.25, 0.3) is 0 Å². The Bertz CT molecular complexity index is 510. The molecule has 144 valence electrons. The molecule has 4 nitrogen and oxygen atoms in total. The van der Waals surface area contributed by atoms with E-state index in [0.717, 1.165) is 25.7 Å². The van der Waals surface area contributed by atoms with E-state index in [0.29, 0.717) is 12.8 Å². The van der Waals surface area contributed by atoms with Crippen molar-refractivity contribution in [1.82, 2.24) is 0 Å². The van der Waals surface area contributed by atoms with Crippen LogP contribution in [0.2, 0.25) is 0 Å². The first-order valence-electron chi connectivity index (χ1n) is 9.17. The van der Waals surface area contributed by atoms with Crippen molar-refractivity contribution in [2.24, 2.45) is 0 Å². The van der Waals surface area contributed by atoms with E-state index in [9.17, 15) is 4.79 Å². The minimum absolute atomic E-state index is 0.186. The van der Waals surface area contributed by atoms with Gasteiger partial charge in [-0.2, -0.15) is 0 Å². The van der Waals surface area contributed by atoms with Gasteiger partial charge in [0.1, 0.15) is 6.10 Å². The van der Waals surface area contributed by atoms with Gasteiger partial charge < -0.3 is 5.11 Å². The third-order valence-electron chi connectivity index (χ3n) is 3.33. The summed E-state index contributed by atoms with van der Waals surface area (Å²) in [5.74, 6) is -0.762. The molecule has 4 heteroatoms. The van der Waals surface area contributed by atoms with E-state index in [4.69, 9.17) is 10.4 Å². The third-order valence-corrected chi connectivity index (χ3v) is 3.33. The summed E-state index contributed by atoms with van der Waals surface area (Å²) in [7, 11) is 0. The molecule has 26 heavy (non-hydrogen) atoms. The maximum atomic E-state index is 10.3. The first-order chi connectivity index (χ1) is 12.7. The molecule has 2 N–H and O–H groups in total. The van der Waals surface area contributed by atoms with E-state index in [1.807, 2.05) is 48.6 Å². The van der Waals surface area contributed by atoms with Crippen molar-refractivity contribution >= 4 is 5.97 Å². The molecular weight excluding hydrogens is 328 g/mol. The van der Waals surface area contributed by atoms with E-state index < -0.39 is 5.97 Å². The summed E-state index contributed by atoms with van der Waals surface area (Å²) in [5, 5.41) is 17.4. The van der Waals surface area contributed by atoms with E-state index in [1.165, 1.54) is 0 Å². The van der Waals surface area contributed by atoms with Gasteiger partial charge in [0.05, 0.1) is 0 Å². The fourth-order valence-electron chi connectivity index (χ4n) is 1.95. The molecular formula is C22H32O4. The molecule has 0 aliphatic carbocycles. The monoisotopic (exact) mass is 360 g/mol. The zero-order valence-corrected chi connectivity index (χ0v) is 15.7. The van der Waals surface area contributed by atoms with Crippen LogP contribution in [0.25, 0.3) is 0 Å². The third kappa shape index (κ3) is 18.2. The van der Waals surface area contributed by atoms with E-state index in [-0.39, 0.29) is 12.5 Å². The molecule has 1 unspecified atom stereocenters. The molecule has 0 radical (unpaired) electrons. The number of hydrogen-bond acceptors (Lipinski definition) is 3. The number of rotatable bonds is 15. The lowest BCUT2D eigenvalue weighted by Gasteiger charge is -2.03. The highest BCUT2D eigenvalue weighted by Gasteiger charge is 1.99. The first-order valence-corrected chi connectivity index (χ1v) is 9.17. The molecule has 0 aliphatic rings. The predicted octanol–water partition coefficient (Wildman–Crippen LogP) is 6.02. The van der Waals surface area contributed by atoms with Gasteiger partial charge in [0.15, 0.2) is 0 Å². The van der Waals surface area contributed by atoms with Gasteiger partial charge in [-0.05, 0) is 38.5 Å². The zero-order valence-electron chi connectivity index (χ0n) is 15.7. The van der Waals surface area contributed by atoms with Gasteiger partial charge in [-0.15, -0.1) is 0 Å². The van der Waals surface area contributed by atoms with Crippen LogP contribution in [0.1, 0.15) is 51.9 Å². The highest BCUT2D eigenvalue weighted by Crippen LogP contribution is 2.02. The van der Waals surface area contributed by atoms with Crippen LogP contribution in [-0.4, -0.2) is 22.4 Å². The highest BCUT2D eigenvalue weighted by atomic mass is 17.1. The predicted molar refractivity (Wildman–Crippen MR) is 108 cm³/mol. The second-order valence-corrected chi connectivity index (χ2v) is 5.65. The zero-order chi connectivity index (χ0) is 19.3. The lowest BCUT2D eigenvalue weighted by atomic mass is 10.2. The lowest BCUT2D eigenvalue weighted by molar-refractivity contribution is -0.264. The molecule has 0 aliphatic heterocycles. The second-order valence-electron chi connectivity index (χ2n) is 5.65. The summed E-state index contributed by atoms with van der Waals surface area (Å²) >= 11 is 0. The average molecular weight is 360 g/mol. The van der Waals surface area contributed by atoms with Gasteiger partial charge in [-0.3, -0.25) is 10.1 Å². The first kappa shape index (κ1) is 23.8. The van der Waals surface area contributed by atoms with Crippen molar-refractivity contribution in [2.75, 3.05) is 0 Å². The van der Waals surface area contributed by atoms with Gasteiger partial charge >= 0.3 is 5.97 Å². The summed E-state index contributed by atoms with van der Waals surface area (Å²) in [6.07, 6.45) is 28.5. The number of aliphatic carboxylic acids is 1. The molecule has 1 atom stereocenters. The Hall–Kier alpha value is -2.17. The van der Waals surface area contributed by atoms with Crippen molar-refractivity contribution in [1.29, 1.82) is 0 Å². The quantitative estimate of drug-likeness (QED) is 0.123. The molecule has 0 bridgehead atoms. The maximum absolute atomic E-state index is 10.3. The summed E-state index contributed by atoms with van der Waals surface area (Å²) in [5.41, 5.74) is 0. The molecule has 0 fully saturated rings. The molecule has 0 spiro atoms. The second kappa shape index (κ2) is 19.2. The Morgan fingerprint density at radius 1 is 0.885 bits per heavy atom. The molecule has 0 aromatic heterocycles. The SMILES string of the molecule is CCC=CCC=CCC(C=CC=CC=CCCC=CCCC(=O)O)OO. The van der Waals surface area contributed by atoms with Gasteiger partial charge in [-0.1, -0.05) is 79.8 Å². The van der Waals surface area contributed by atoms with Crippen LogP contribution in [0.15, 0.2) is 72.9 Å². The summed E-state index contributed by atoms with van der Waals surface area (Å²) < 4.78 is 0. The maximum Gasteiger partial charge on any atom is 0.303 e. The number of allylic oxidation sites excluding steroid dienone is 10. The van der Waals surface area contributed by atoms with Crippen molar-refractivity contribution < 1.29 is 20.0 Å². The van der Waals surface area contributed by atoms with Crippen molar-refractivity contribution in [2.45, 2.75) is 58.0 Å². The van der Waals surface area contributed by atoms with Gasteiger partial charge in [-0.25, -0.2) is 4.89 Å². The minimum Gasteiger partial charge on any atom is -0.481 e. The van der Waals surface area contributed by atoms with Crippen LogP contribution in [0, 0.1) is 0 Å². The Morgan fingerprint density at radius 2 is 1.58 bits per heavy atom. The van der Waals surface area contributed by atoms with E-state index in [2.05, 4.69) is 36.1 Å². The Morgan fingerprint density at radius 3 is 2.31 bits per heavy atom. The van der Waals surface area contributed by atoms with Crippen LogP contribution in [0.4, 0.5) is 0 Å². The van der Waals surface area contributed by atoms with Crippen LogP contribution >= 0.6 is 0 Å². The van der Waals surface area contributed by atoms with Crippen molar-refractivity contribution in [3.63, 3.8) is 0 Å². The largest absolute Gasteiger partial charge is 0.481 e. The number of carboxylic acid groups (broad SMARTS) is 1. The average Bonchev–Trinajstić information content (AvgIpc) is 2.63. The van der Waals surface area contributed by atoms with Gasteiger partial charge in [0, 0.05) is 6.42 Å². The molecule has 0 saturated heterocycles. The highest BCUT2D eigenvalue weighted by molar-refractivity contribution is 5.66. The fraction of sp³-hybridized carbons (Fsp3) is 0.409. The van der Waals surface area contributed by atoms with Crippen molar-refractivity contribution in [3.8, 4) is 0 Å². The molecule has 0 rings (SSSR count). The van der Waals surface area contributed by atoms with Crippen LogP contribution in [-0.2, 0) is 9.68 Å². The number of carbonyl (C=O) groups is 1. The van der Waals surface area contributed by atoms with E-state index in [1.54, 1.807) is 0 Å². The summed E-state index contributed by atoms with van der Waals surface area (Å²) in [6, 6.07) is 0. The standard InChI is InChI=1S/C22H32O4/c1-2-3-4-5-12-15-18-21(26-25)19-16-13-10-8-6-7-9-11-14-17-20-22(23)24/h3-4,6,8,10-16,19,21,25H,2,5,7,9,17-18,20H2,1H3,(H,23,24). The number of unbranched alkanes of at least 4 members (excludes halogenated alkanes) is 1. The normalized spacial score (nSPS) is 14.2. The molecule has 0 aromatic carbocycles. The number of hydrogen-bond donors (Lipinski definition) is 2. The fourth-order valence-corrected chi connectivity index (χ4v) is 1.95.